The second kappa shape index (κ2) is 6.02. The van der Waals surface area contributed by atoms with Crippen LogP contribution < -0.4 is 0 Å². The Morgan fingerprint density at radius 1 is 1.41 bits per heavy atom. The van der Waals surface area contributed by atoms with Gasteiger partial charge >= 0.3 is 0 Å². The van der Waals surface area contributed by atoms with Gasteiger partial charge in [-0.25, -0.2) is 0 Å². The molecule has 4 heteroatoms. The number of nitriles is 1. The van der Waals surface area contributed by atoms with Gasteiger partial charge in [0.15, 0.2) is 0 Å². The summed E-state index contributed by atoms with van der Waals surface area (Å²) in [6.45, 7) is 4.06. The fourth-order valence-corrected chi connectivity index (χ4v) is 1.56. The molecule has 0 saturated heterocycles. The van der Waals surface area contributed by atoms with Gasteiger partial charge < -0.3 is 10.0 Å². The van der Waals surface area contributed by atoms with Crippen LogP contribution in [0.5, 0.6) is 0 Å². The monoisotopic (exact) mass is 232 g/mol. The van der Waals surface area contributed by atoms with Crippen molar-refractivity contribution >= 4 is 5.91 Å². The summed E-state index contributed by atoms with van der Waals surface area (Å²) in [6.07, 6.45) is 0. The van der Waals surface area contributed by atoms with Crippen LogP contribution in [0.15, 0.2) is 24.3 Å². The van der Waals surface area contributed by atoms with Crippen molar-refractivity contribution in [3.8, 4) is 6.07 Å². The molecule has 90 valence electrons. The third kappa shape index (κ3) is 3.30. The summed E-state index contributed by atoms with van der Waals surface area (Å²) >= 11 is 0. The van der Waals surface area contributed by atoms with Crippen LogP contribution in [0.3, 0.4) is 0 Å². The smallest absolute Gasteiger partial charge is 0.254 e. The van der Waals surface area contributed by atoms with Crippen molar-refractivity contribution in [1.82, 2.24) is 4.90 Å². The molecule has 1 amide bonds. The lowest BCUT2D eigenvalue weighted by Gasteiger charge is -2.26. The molecular formula is C13H16N2O2. The summed E-state index contributed by atoms with van der Waals surface area (Å²) in [5.41, 5.74) is 1.06. The average molecular weight is 232 g/mol. The van der Waals surface area contributed by atoms with E-state index in [1.54, 1.807) is 29.2 Å². The Morgan fingerprint density at radius 3 is 2.41 bits per heavy atom. The van der Waals surface area contributed by atoms with Crippen molar-refractivity contribution < 1.29 is 9.90 Å². The molecule has 0 saturated carbocycles. The quantitative estimate of drug-likeness (QED) is 0.853. The van der Waals surface area contributed by atoms with Gasteiger partial charge in [0, 0.05) is 18.2 Å². The Kier molecular flexibility index (Phi) is 4.68. The number of hydrogen-bond acceptors (Lipinski definition) is 3. The molecule has 0 aromatic heterocycles. The number of nitrogens with zero attached hydrogens (tertiary/aromatic N) is 2. The van der Waals surface area contributed by atoms with E-state index in [0.29, 0.717) is 17.7 Å². The second-order valence-corrected chi connectivity index (χ2v) is 4.01. The summed E-state index contributed by atoms with van der Waals surface area (Å²) in [4.78, 5) is 13.7. The minimum Gasteiger partial charge on any atom is -0.395 e. The molecule has 1 N–H and O–H groups in total. The van der Waals surface area contributed by atoms with Gasteiger partial charge in [-0.3, -0.25) is 4.79 Å². The molecule has 0 radical (unpaired) electrons. The first-order valence-corrected chi connectivity index (χ1v) is 5.52. The average Bonchev–Trinajstić information content (AvgIpc) is 2.35. The van der Waals surface area contributed by atoms with E-state index in [2.05, 4.69) is 0 Å². The highest BCUT2D eigenvalue weighted by atomic mass is 16.3. The van der Waals surface area contributed by atoms with Crippen LogP contribution in [0.2, 0.25) is 0 Å². The number of rotatable bonds is 4. The maximum atomic E-state index is 12.1. The van der Waals surface area contributed by atoms with Crippen molar-refractivity contribution in [3.63, 3.8) is 0 Å². The van der Waals surface area contributed by atoms with E-state index < -0.39 is 0 Å². The topological polar surface area (TPSA) is 64.3 Å². The fourth-order valence-electron chi connectivity index (χ4n) is 1.56. The molecule has 0 aliphatic rings. The first-order chi connectivity index (χ1) is 8.10. The van der Waals surface area contributed by atoms with Crippen molar-refractivity contribution in [2.24, 2.45) is 0 Å². The number of carbonyl (C=O) groups excluding carboxylic acids is 1. The van der Waals surface area contributed by atoms with Crippen molar-refractivity contribution in [1.29, 1.82) is 5.26 Å². The molecule has 0 spiro atoms. The summed E-state index contributed by atoms with van der Waals surface area (Å²) in [5, 5.41) is 17.6. The highest BCUT2D eigenvalue weighted by Gasteiger charge is 2.17. The number of carbonyl (C=O) groups is 1. The van der Waals surface area contributed by atoms with E-state index in [9.17, 15) is 4.79 Å². The number of hydrogen-bond donors (Lipinski definition) is 1. The third-order valence-corrected chi connectivity index (χ3v) is 2.49. The Balaban J connectivity index is 2.90. The zero-order chi connectivity index (χ0) is 12.8. The minimum absolute atomic E-state index is 0.0327. The lowest BCUT2D eigenvalue weighted by atomic mass is 10.1. The van der Waals surface area contributed by atoms with E-state index in [1.165, 1.54) is 0 Å². The summed E-state index contributed by atoms with van der Waals surface area (Å²) in [7, 11) is 0. The predicted octanol–water partition coefficient (Wildman–Crippen LogP) is 1.40. The van der Waals surface area contributed by atoms with Crippen molar-refractivity contribution in [3.05, 3.63) is 35.4 Å². The van der Waals surface area contributed by atoms with E-state index in [4.69, 9.17) is 10.4 Å². The van der Waals surface area contributed by atoms with E-state index in [1.807, 2.05) is 19.9 Å². The zero-order valence-corrected chi connectivity index (χ0v) is 10.1. The fraction of sp³-hybridized carbons (Fsp3) is 0.385. The van der Waals surface area contributed by atoms with Gasteiger partial charge in [0.2, 0.25) is 0 Å². The molecule has 4 nitrogen and oxygen atoms in total. The molecular weight excluding hydrogens is 216 g/mol. The number of aliphatic hydroxyl groups excluding tert-OH is 1. The molecule has 0 atom stereocenters. The van der Waals surface area contributed by atoms with Crippen LogP contribution in [-0.2, 0) is 0 Å². The van der Waals surface area contributed by atoms with Crippen LogP contribution >= 0.6 is 0 Å². The van der Waals surface area contributed by atoms with Crippen molar-refractivity contribution in [2.75, 3.05) is 13.2 Å². The first kappa shape index (κ1) is 13.2. The molecule has 1 aromatic carbocycles. The molecule has 0 heterocycles. The molecule has 0 aliphatic heterocycles. The van der Waals surface area contributed by atoms with Crippen LogP contribution in [0, 0.1) is 11.3 Å². The van der Waals surface area contributed by atoms with Gasteiger partial charge in [-0.1, -0.05) is 0 Å². The maximum Gasteiger partial charge on any atom is 0.254 e. The Hall–Kier alpha value is -1.86. The van der Waals surface area contributed by atoms with Gasteiger partial charge in [-0.15, -0.1) is 0 Å². The Morgan fingerprint density at radius 2 is 2.00 bits per heavy atom. The highest BCUT2D eigenvalue weighted by Crippen LogP contribution is 2.09. The van der Waals surface area contributed by atoms with E-state index in [-0.39, 0.29) is 18.6 Å². The largest absolute Gasteiger partial charge is 0.395 e. The molecule has 17 heavy (non-hydrogen) atoms. The number of aliphatic hydroxyl groups is 1. The molecule has 1 aromatic rings. The number of amides is 1. The molecule has 0 aliphatic carbocycles. The van der Waals surface area contributed by atoms with E-state index in [0.717, 1.165) is 0 Å². The first-order valence-electron chi connectivity index (χ1n) is 5.52. The van der Waals surface area contributed by atoms with Crippen molar-refractivity contribution in [2.45, 2.75) is 19.9 Å². The van der Waals surface area contributed by atoms with Crippen LogP contribution in [0.1, 0.15) is 29.8 Å². The standard InChI is InChI=1S/C13H16N2O2/c1-10(2)15(7-8-16)13(17)12-5-3-11(9-14)4-6-12/h3-6,10,16H,7-8H2,1-2H3. The minimum atomic E-state index is -0.126. The third-order valence-electron chi connectivity index (χ3n) is 2.49. The second-order valence-electron chi connectivity index (χ2n) is 4.01. The predicted molar refractivity (Wildman–Crippen MR) is 64.4 cm³/mol. The van der Waals surface area contributed by atoms with Crippen LogP contribution in [0.4, 0.5) is 0 Å². The van der Waals surface area contributed by atoms with Gasteiger partial charge in [-0.05, 0) is 38.1 Å². The number of benzene rings is 1. The maximum absolute atomic E-state index is 12.1. The Bertz CT molecular complexity index is 418. The highest BCUT2D eigenvalue weighted by molar-refractivity contribution is 5.94. The molecule has 0 fully saturated rings. The van der Waals surface area contributed by atoms with Gasteiger partial charge in [0.25, 0.3) is 5.91 Å². The molecule has 0 unspecified atom stereocenters. The van der Waals surface area contributed by atoms with Crippen LogP contribution in [0.25, 0.3) is 0 Å². The lowest BCUT2D eigenvalue weighted by Crippen LogP contribution is -2.38. The Labute approximate surface area is 101 Å². The lowest BCUT2D eigenvalue weighted by molar-refractivity contribution is 0.0665. The van der Waals surface area contributed by atoms with Gasteiger partial charge in [0.1, 0.15) is 0 Å². The normalized spacial score (nSPS) is 10.1. The van der Waals surface area contributed by atoms with Gasteiger partial charge in [-0.2, -0.15) is 5.26 Å². The molecule has 0 bridgehead atoms. The van der Waals surface area contributed by atoms with Crippen LogP contribution in [-0.4, -0.2) is 35.1 Å². The van der Waals surface area contributed by atoms with E-state index >= 15 is 0 Å². The zero-order valence-electron chi connectivity index (χ0n) is 10.1. The summed E-state index contributed by atoms with van der Waals surface area (Å²) < 4.78 is 0. The summed E-state index contributed by atoms with van der Waals surface area (Å²) in [5.74, 6) is -0.126. The van der Waals surface area contributed by atoms with Gasteiger partial charge in [0.05, 0.1) is 18.2 Å². The molecule has 1 rings (SSSR count). The summed E-state index contributed by atoms with van der Waals surface area (Å²) in [6, 6.07) is 8.53. The SMILES string of the molecule is CC(C)N(CCO)C(=O)c1ccc(C#N)cc1.